The molecule has 0 aliphatic heterocycles. The predicted octanol–water partition coefficient (Wildman–Crippen LogP) is 4.80. The number of nitriles is 1. The first kappa shape index (κ1) is 14.1. The summed E-state index contributed by atoms with van der Waals surface area (Å²) in [5.74, 6) is 0.719. The van der Waals surface area contributed by atoms with Crippen LogP contribution in [0.1, 0.15) is 0 Å². The van der Waals surface area contributed by atoms with Crippen molar-refractivity contribution in [3.63, 3.8) is 0 Å². The Morgan fingerprint density at radius 1 is 1.26 bits per heavy atom. The molecular formula is C17H11N3OS2. The molecule has 2 aromatic carbocycles. The van der Waals surface area contributed by atoms with E-state index in [4.69, 9.17) is 15.0 Å². The van der Waals surface area contributed by atoms with Crippen LogP contribution in [0.15, 0.2) is 53.6 Å². The lowest BCUT2D eigenvalue weighted by Crippen LogP contribution is -1.86. The number of ether oxygens (including phenoxy) is 1. The van der Waals surface area contributed by atoms with E-state index >= 15 is 0 Å². The van der Waals surface area contributed by atoms with E-state index < -0.39 is 0 Å². The summed E-state index contributed by atoms with van der Waals surface area (Å²) in [6, 6.07) is 14.1. The number of fused-ring (bicyclic) bond motifs is 3. The Balaban J connectivity index is 1.93. The van der Waals surface area contributed by atoms with Crippen molar-refractivity contribution in [1.82, 2.24) is 9.38 Å². The van der Waals surface area contributed by atoms with Gasteiger partial charge < -0.3 is 4.74 Å². The van der Waals surface area contributed by atoms with Crippen molar-refractivity contribution in [3.05, 3.63) is 48.7 Å². The van der Waals surface area contributed by atoms with Crippen LogP contribution in [0.5, 0.6) is 5.75 Å². The van der Waals surface area contributed by atoms with Crippen LogP contribution >= 0.6 is 23.1 Å². The van der Waals surface area contributed by atoms with Gasteiger partial charge in [0.15, 0.2) is 4.96 Å². The molecule has 0 amide bonds. The zero-order chi connectivity index (χ0) is 15.8. The van der Waals surface area contributed by atoms with Gasteiger partial charge in [-0.1, -0.05) is 41.7 Å². The van der Waals surface area contributed by atoms with Crippen LogP contribution in [0.4, 0.5) is 0 Å². The minimum atomic E-state index is 0.719. The standard InChI is InChI=1S/C17H11N3OS2/c1-21-14-8-15-13(7-16(14)22-10-18)20-9-12(19-17(20)23-15)11-5-3-2-4-6-11/h2-9H,1H3. The number of aromatic nitrogens is 2. The van der Waals surface area contributed by atoms with E-state index in [2.05, 4.69) is 21.9 Å². The van der Waals surface area contributed by atoms with Crippen molar-refractivity contribution < 1.29 is 4.74 Å². The molecule has 4 nitrogen and oxygen atoms in total. The fraction of sp³-hybridized carbons (Fsp3) is 0.0588. The summed E-state index contributed by atoms with van der Waals surface area (Å²) in [6.45, 7) is 0. The maximum absolute atomic E-state index is 8.97. The Kier molecular flexibility index (Phi) is 3.45. The van der Waals surface area contributed by atoms with Gasteiger partial charge in [0.2, 0.25) is 0 Å². The second-order valence-corrected chi connectivity index (χ2v) is 6.75. The van der Waals surface area contributed by atoms with Crippen LogP contribution < -0.4 is 4.74 Å². The van der Waals surface area contributed by atoms with Gasteiger partial charge in [0.05, 0.1) is 27.9 Å². The third kappa shape index (κ3) is 2.34. The van der Waals surface area contributed by atoms with Gasteiger partial charge in [0.1, 0.15) is 11.2 Å². The molecule has 112 valence electrons. The smallest absolute Gasteiger partial charge is 0.195 e. The van der Waals surface area contributed by atoms with Crippen molar-refractivity contribution in [3.8, 4) is 22.4 Å². The quantitative estimate of drug-likeness (QED) is 0.398. The molecule has 0 aliphatic carbocycles. The normalized spacial score (nSPS) is 11.0. The number of hydrogen-bond donors (Lipinski definition) is 0. The van der Waals surface area contributed by atoms with Crippen LogP contribution in [-0.2, 0) is 0 Å². The molecular weight excluding hydrogens is 326 g/mol. The summed E-state index contributed by atoms with van der Waals surface area (Å²) in [7, 11) is 1.62. The Labute approximate surface area is 141 Å². The van der Waals surface area contributed by atoms with Crippen LogP contribution in [-0.4, -0.2) is 16.5 Å². The van der Waals surface area contributed by atoms with Gasteiger partial charge in [-0.3, -0.25) is 4.40 Å². The number of imidazole rings is 1. The van der Waals surface area contributed by atoms with Crippen molar-refractivity contribution in [2.45, 2.75) is 4.90 Å². The number of methoxy groups -OCH3 is 1. The average Bonchev–Trinajstić information content (AvgIpc) is 3.13. The number of thiocyanates is 1. The molecule has 0 aliphatic rings. The molecule has 0 bridgehead atoms. The first-order valence-electron chi connectivity index (χ1n) is 6.91. The molecule has 0 saturated carbocycles. The maximum Gasteiger partial charge on any atom is 0.195 e. The molecule has 0 atom stereocenters. The molecule has 0 saturated heterocycles. The number of thiazole rings is 1. The van der Waals surface area contributed by atoms with Gasteiger partial charge in [0.25, 0.3) is 0 Å². The lowest BCUT2D eigenvalue weighted by molar-refractivity contribution is 0.405. The monoisotopic (exact) mass is 337 g/mol. The highest BCUT2D eigenvalue weighted by Gasteiger charge is 2.14. The number of thioether (sulfide) groups is 1. The number of nitrogens with zero attached hydrogens (tertiary/aromatic N) is 3. The number of benzene rings is 2. The Hall–Kier alpha value is -2.49. The minimum absolute atomic E-state index is 0.719. The first-order valence-corrected chi connectivity index (χ1v) is 8.54. The van der Waals surface area contributed by atoms with E-state index in [-0.39, 0.29) is 0 Å². The summed E-state index contributed by atoms with van der Waals surface area (Å²) in [5, 5.41) is 11.1. The Morgan fingerprint density at radius 3 is 2.83 bits per heavy atom. The molecule has 2 heterocycles. The van der Waals surface area contributed by atoms with E-state index in [0.29, 0.717) is 0 Å². The zero-order valence-electron chi connectivity index (χ0n) is 12.2. The molecule has 2 aromatic heterocycles. The van der Waals surface area contributed by atoms with E-state index in [0.717, 1.165) is 48.8 Å². The van der Waals surface area contributed by atoms with Crippen molar-refractivity contribution in [1.29, 1.82) is 5.26 Å². The van der Waals surface area contributed by atoms with E-state index in [1.807, 2.05) is 36.5 Å². The Morgan fingerprint density at radius 2 is 2.09 bits per heavy atom. The lowest BCUT2D eigenvalue weighted by atomic mass is 10.2. The molecule has 0 radical (unpaired) electrons. The third-order valence-electron chi connectivity index (χ3n) is 3.60. The summed E-state index contributed by atoms with van der Waals surface area (Å²) in [6.07, 6.45) is 2.04. The largest absolute Gasteiger partial charge is 0.495 e. The highest BCUT2D eigenvalue weighted by molar-refractivity contribution is 8.03. The van der Waals surface area contributed by atoms with Crippen LogP contribution in [0, 0.1) is 10.7 Å². The highest BCUT2D eigenvalue weighted by Crippen LogP contribution is 2.37. The second kappa shape index (κ2) is 5.61. The van der Waals surface area contributed by atoms with Gasteiger partial charge in [-0.15, -0.1) is 0 Å². The van der Waals surface area contributed by atoms with E-state index in [9.17, 15) is 0 Å². The van der Waals surface area contributed by atoms with Crippen LogP contribution in [0.3, 0.4) is 0 Å². The van der Waals surface area contributed by atoms with Gasteiger partial charge >= 0.3 is 0 Å². The summed E-state index contributed by atoms with van der Waals surface area (Å²) >= 11 is 2.72. The van der Waals surface area contributed by atoms with Gasteiger partial charge in [-0.05, 0) is 17.8 Å². The SMILES string of the molecule is COc1cc2sc3nc(-c4ccccc4)cn3c2cc1SC#N. The molecule has 4 aromatic rings. The summed E-state index contributed by atoms with van der Waals surface area (Å²) in [5.41, 5.74) is 3.08. The van der Waals surface area contributed by atoms with Gasteiger partial charge in [-0.25, -0.2) is 4.98 Å². The molecule has 0 fully saturated rings. The van der Waals surface area contributed by atoms with E-state index in [1.54, 1.807) is 18.4 Å². The van der Waals surface area contributed by atoms with Crippen molar-refractivity contribution in [2.75, 3.05) is 7.11 Å². The molecule has 23 heavy (non-hydrogen) atoms. The second-order valence-electron chi connectivity index (χ2n) is 4.91. The zero-order valence-corrected chi connectivity index (χ0v) is 13.8. The third-order valence-corrected chi connectivity index (χ3v) is 5.25. The first-order chi connectivity index (χ1) is 11.3. The highest BCUT2D eigenvalue weighted by atomic mass is 32.2. The van der Waals surface area contributed by atoms with Gasteiger partial charge in [-0.2, -0.15) is 5.26 Å². The molecule has 0 spiro atoms. The minimum Gasteiger partial charge on any atom is -0.495 e. The topological polar surface area (TPSA) is 50.3 Å². The average molecular weight is 337 g/mol. The maximum atomic E-state index is 8.97. The van der Waals surface area contributed by atoms with E-state index in [1.165, 1.54) is 0 Å². The van der Waals surface area contributed by atoms with Crippen molar-refractivity contribution in [2.24, 2.45) is 0 Å². The number of hydrogen-bond acceptors (Lipinski definition) is 5. The fourth-order valence-corrected chi connectivity index (χ4v) is 4.07. The lowest BCUT2D eigenvalue weighted by Gasteiger charge is -2.04. The fourth-order valence-electron chi connectivity index (χ4n) is 2.54. The van der Waals surface area contributed by atoms with Crippen LogP contribution in [0.2, 0.25) is 0 Å². The molecule has 4 rings (SSSR count). The predicted molar refractivity (Wildman–Crippen MR) is 94.0 cm³/mol. The Bertz CT molecular complexity index is 1040. The molecule has 0 unspecified atom stereocenters. The summed E-state index contributed by atoms with van der Waals surface area (Å²) in [4.78, 5) is 6.47. The summed E-state index contributed by atoms with van der Waals surface area (Å²) < 4.78 is 8.54. The molecule has 6 heteroatoms. The van der Waals surface area contributed by atoms with Gasteiger partial charge in [0, 0.05) is 17.8 Å². The van der Waals surface area contributed by atoms with Crippen molar-refractivity contribution >= 4 is 38.3 Å². The number of rotatable bonds is 3. The molecule has 0 N–H and O–H groups in total. The van der Waals surface area contributed by atoms with Crippen LogP contribution in [0.25, 0.3) is 26.4 Å².